The number of hydrogen-bond donors (Lipinski definition) is 0. The fraction of sp³-hybridized carbons (Fsp3) is 0.400. The zero-order chi connectivity index (χ0) is 9.14. The van der Waals surface area contributed by atoms with E-state index in [0.29, 0.717) is 0 Å². The van der Waals surface area contributed by atoms with Crippen LogP contribution in [0.3, 0.4) is 0 Å². The van der Waals surface area contributed by atoms with Crippen molar-refractivity contribution in [1.82, 2.24) is 0 Å². The van der Waals surface area contributed by atoms with E-state index in [9.17, 15) is 0 Å². The molecule has 0 spiro atoms. The summed E-state index contributed by atoms with van der Waals surface area (Å²) in [5, 5.41) is 3.28. The summed E-state index contributed by atoms with van der Waals surface area (Å²) in [6.45, 7) is 9.48. The van der Waals surface area contributed by atoms with Gasteiger partial charge in [0.1, 0.15) is 0 Å². The molecule has 0 fully saturated rings. The van der Waals surface area contributed by atoms with Gasteiger partial charge in [0.25, 0.3) is 0 Å². The van der Waals surface area contributed by atoms with Crippen molar-refractivity contribution in [3.63, 3.8) is 0 Å². The van der Waals surface area contributed by atoms with Gasteiger partial charge < -0.3 is 0 Å². The van der Waals surface area contributed by atoms with Crippen LogP contribution in [0.1, 0.15) is 0 Å². The van der Waals surface area contributed by atoms with Gasteiger partial charge in [0.05, 0.1) is 17.6 Å². The molecule has 0 amide bonds. The standard InChI is InChI=1S/C10H16Si2.Fe/c1-11(2)9-7-5-6-8-10(9)12(3)4;/h5-8H,1-4H3;. The Bertz CT molecular complexity index is 232. The molecule has 0 saturated heterocycles. The van der Waals surface area contributed by atoms with Crippen molar-refractivity contribution in [1.29, 1.82) is 0 Å². The molecular weight excluding hydrogens is 232 g/mol. The zero-order valence-electron chi connectivity index (χ0n) is 8.66. The molecule has 0 aromatic heterocycles. The topological polar surface area (TPSA) is 0 Å². The van der Waals surface area contributed by atoms with E-state index in [-0.39, 0.29) is 34.7 Å². The van der Waals surface area contributed by atoms with Gasteiger partial charge in [-0.1, -0.05) is 60.8 Å². The predicted octanol–water partition coefficient (Wildman–Crippen LogP) is 1.61. The summed E-state index contributed by atoms with van der Waals surface area (Å²) in [6.07, 6.45) is 0. The van der Waals surface area contributed by atoms with E-state index in [2.05, 4.69) is 50.5 Å². The van der Waals surface area contributed by atoms with Gasteiger partial charge >= 0.3 is 0 Å². The first-order chi connectivity index (χ1) is 5.63. The smallest absolute Gasteiger partial charge is 0.0671 e. The molecule has 3 heteroatoms. The fourth-order valence-electron chi connectivity index (χ4n) is 1.36. The van der Waals surface area contributed by atoms with Gasteiger partial charge in [-0.3, -0.25) is 0 Å². The third-order valence-corrected chi connectivity index (χ3v) is 5.28. The molecule has 0 unspecified atom stereocenters. The van der Waals surface area contributed by atoms with E-state index in [0.717, 1.165) is 0 Å². The van der Waals surface area contributed by atoms with Crippen LogP contribution in [-0.2, 0) is 17.1 Å². The minimum absolute atomic E-state index is 0. The van der Waals surface area contributed by atoms with Gasteiger partial charge in [-0.05, 0) is 0 Å². The maximum atomic E-state index is 2.37. The zero-order valence-corrected chi connectivity index (χ0v) is 11.8. The van der Waals surface area contributed by atoms with Crippen molar-refractivity contribution in [2.45, 2.75) is 26.2 Å². The van der Waals surface area contributed by atoms with Crippen LogP contribution in [0.2, 0.25) is 26.2 Å². The average molecular weight is 248 g/mol. The van der Waals surface area contributed by atoms with Crippen LogP contribution in [0, 0.1) is 0 Å². The normalized spacial score (nSPS) is 10.3. The van der Waals surface area contributed by atoms with Crippen molar-refractivity contribution in [3.05, 3.63) is 24.3 Å². The van der Waals surface area contributed by atoms with E-state index in [1.165, 1.54) is 0 Å². The molecular formula is C10H16FeSi2. The summed E-state index contributed by atoms with van der Waals surface area (Å²) in [4.78, 5) is 0. The molecule has 0 aliphatic heterocycles. The first-order valence-electron chi connectivity index (χ1n) is 4.33. The van der Waals surface area contributed by atoms with Crippen molar-refractivity contribution in [2.24, 2.45) is 0 Å². The SMILES string of the molecule is C[Si](C)c1ccccc1[Si](C)C.[Fe]. The molecule has 0 saturated carbocycles. The first-order valence-corrected chi connectivity index (χ1v) is 9.33. The van der Waals surface area contributed by atoms with Crippen LogP contribution < -0.4 is 10.4 Å². The Morgan fingerprint density at radius 1 is 0.769 bits per heavy atom. The molecule has 1 rings (SSSR count). The van der Waals surface area contributed by atoms with Crippen molar-refractivity contribution in [3.8, 4) is 0 Å². The Labute approximate surface area is 95.4 Å². The Morgan fingerprint density at radius 2 is 1.08 bits per heavy atom. The maximum Gasteiger partial charge on any atom is 0.0789 e. The third-order valence-electron chi connectivity index (χ3n) is 2.00. The van der Waals surface area contributed by atoms with Crippen LogP contribution in [0.25, 0.3) is 0 Å². The van der Waals surface area contributed by atoms with Crippen LogP contribution in [0.5, 0.6) is 0 Å². The molecule has 1 aromatic carbocycles. The summed E-state index contributed by atoms with van der Waals surface area (Å²) in [5.41, 5.74) is 0. The van der Waals surface area contributed by atoms with Gasteiger partial charge in [0, 0.05) is 17.1 Å². The van der Waals surface area contributed by atoms with Gasteiger partial charge in [0.15, 0.2) is 0 Å². The van der Waals surface area contributed by atoms with E-state index < -0.39 is 0 Å². The van der Waals surface area contributed by atoms with Crippen LogP contribution >= 0.6 is 0 Å². The maximum absolute atomic E-state index is 2.37. The van der Waals surface area contributed by atoms with E-state index in [1.54, 1.807) is 10.4 Å². The fourth-order valence-corrected chi connectivity index (χ4v) is 4.96. The molecule has 72 valence electrons. The molecule has 0 atom stereocenters. The Hall–Kier alpha value is 0.173. The molecule has 0 aliphatic carbocycles. The van der Waals surface area contributed by atoms with E-state index in [1.807, 2.05) is 0 Å². The van der Waals surface area contributed by atoms with Gasteiger partial charge in [0.2, 0.25) is 0 Å². The molecule has 2 radical (unpaired) electrons. The number of benzene rings is 1. The minimum Gasteiger partial charge on any atom is -0.0671 e. The second-order valence-corrected chi connectivity index (χ2v) is 8.62. The summed E-state index contributed by atoms with van der Waals surface area (Å²) >= 11 is 0. The third kappa shape index (κ3) is 3.43. The van der Waals surface area contributed by atoms with Gasteiger partial charge in [-0.2, -0.15) is 0 Å². The Kier molecular flexibility index (Phi) is 5.89. The van der Waals surface area contributed by atoms with E-state index >= 15 is 0 Å². The molecule has 0 bridgehead atoms. The predicted molar refractivity (Wildman–Crippen MR) is 60.7 cm³/mol. The number of rotatable bonds is 2. The molecule has 0 heterocycles. The monoisotopic (exact) mass is 248 g/mol. The summed E-state index contributed by atoms with van der Waals surface area (Å²) in [7, 11) is -0.522. The molecule has 1 aromatic rings. The van der Waals surface area contributed by atoms with Crippen molar-refractivity contribution in [2.75, 3.05) is 0 Å². The molecule has 0 aliphatic rings. The molecule has 0 nitrogen and oxygen atoms in total. The molecule has 13 heavy (non-hydrogen) atoms. The van der Waals surface area contributed by atoms with Crippen molar-refractivity contribution < 1.29 is 17.1 Å². The minimum atomic E-state index is -0.261. The average Bonchev–Trinajstić information content (AvgIpc) is 2.04. The first kappa shape index (κ1) is 13.2. The summed E-state index contributed by atoms with van der Waals surface area (Å²) in [5.74, 6) is 0. The Morgan fingerprint density at radius 3 is 1.31 bits per heavy atom. The van der Waals surface area contributed by atoms with Crippen LogP contribution in [-0.4, -0.2) is 17.6 Å². The van der Waals surface area contributed by atoms with Gasteiger partial charge in [-0.15, -0.1) is 0 Å². The summed E-state index contributed by atoms with van der Waals surface area (Å²) < 4.78 is 0. The van der Waals surface area contributed by atoms with Crippen LogP contribution in [0.4, 0.5) is 0 Å². The quantitative estimate of drug-likeness (QED) is 0.697. The molecule has 0 N–H and O–H groups in total. The second kappa shape index (κ2) is 5.81. The van der Waals surface area contributed by atoms with Crippen LogP contribution in [0.15, 0.2) is 24.3 Å². The number of hydrogen-bond acceptors (Lipinski definition) is 0. The largest absolute Gasteiger partial charge is 0.0789 e. The summed E-state index contributed by atoms with van der Waals surface area (Å²) in [6, 6.07) is 8.95. The second-order valence-electron chi connectivity index (χ2n) is 3.55. The van der Waals surface area contributed by atoms with E-state index in [4.69, 9.17) is 0 Å². The van der Waals surface area contributed by atoms with Crippen molar-refractivity contribution >= 4 is 28.0 Å². The van der Waals surface area contributed by atoms with Gasteiger partial charge in [-0.25, -0.2) is 0 Å². The Balaban J connectivity index is 0.00000144.